The smallest absolute Gasteiger partial charge is 0.241 e. The summed E-state index contributed by atoms with van der Waals surface area (Å²) in [5.74, 6) is 1.58. The van der Waals surface area contributed by atoms with Crippen molar-refractivity contribution >= 4 is 5.69 Å². The van der Waals surface area contributed by atoms with Crippen LogP contribution in [0, 0.1) is 5.92 Å². The molecular weight excluding hydrogens is 240 g/mol. The fourth-order valence-corrected chi connectivity index (χ4v) is 1.79. The van der Waals surface area contributed by atoms with E-state index in [1.165, 1.54) is 0 Å². The van der Waals surface area contributed by atoms with Crippen LogP contribution in [0.3, 0.4) is 0 Å². The van der Waals surface area contributed by atoms with Crippen LogP contribution in [0.15, 0.2) is 12.1 Å². The van der Waals surface area contributed by atoms with Crippen LogP contribution in [-0.4, -0.2) is 16.7 Å². The first-order valence-corrected chi connectivity index (χ1v) is 6.79. The first-order valence-electron chi connectivity index (χ1n) is 6.79. The molecule has 0 aliphatic rings. The summed E-state index contributed by atoms with van der Waals surface area (Å²) in [7, 11) is 0. The maximum atomic E-state index is 5.87. The minimum atomic E-state index is -0.330. The molecule has 0 saturated heterocycles. The molecule has 2 N–H and O–H groups in total. The molecule has 4 nitrogen and oxygen atoms in total. The van der Waals surface area contributed by atoms with Crippen LogP contribution in [0.1, 0.15) is 48.0 Å². The van der Waals surface area contributed by atoms with Crippen LogP contribution in [0.4, 0.5) is 5.69 Å². The number of nitrogens with zero attached hydrogens (tertiary/aromatic N) is 1. The van der Waals surface area contributed by atoms with E-state index in [4.69, 9.17) is 15.2 Å². The number of aromatic nitrogens is 1. The number of nitrogen functional groups attached to an aromatic ring is 1. The second-order valence-electron chi connectivity index (χ2n) is 6.32. The first-order chi connectivity index (χ1) is 8.67. The number of ether oxygens (including phenoxy) is 2. The van der Waals surface area contributed by atoms with Gasteiger partial charge >= 0.3 is 0 Å². The third-order valence-electron chi connectivity index (χ3n) is 2.39. The van der Waals surface area contributed by atoms with E-state index >= 15 is 0 Å². The highest BCUT2D eigenvalue weighted by molar-refractivity contribution is 5.49. The molecule has 0 radical (unpaired) electrons. The Labute approximate surface area is 116 Å². The quantitative estimate of drug-likeness (QED) is 0.883. The summed E-state index contributed by atoms with van der Waals surface area (Å²) in [6, 6.07) is 3.55. The van der Waals surface area contributed by atoms with Gasteiger partial charge in [0.15, 0.2) is 0 Å². The Kier molecular flexibility index (Phi) is 5.04. The van der Waals surface area contributed by atoms with Crippen molar-refractivity contribution in [3.8, 4) is 11.8 Å². The molecule has 0 fully saturated rings. The second-order valence-corrected chi connectivity index (χ2v) is 6.32. The number of nitrogens with two attached hydrogens (primary N) is 1. The van der Waals surface area contributed by atoms with E-state index in [0.717, 1.165) is 6.42 Å². The van der Waals surface area contributed by atoms with E-state index in [1.54, 1.807) is 12.1 Å². The molecule has 1 unspecified atom stereocenters. The van der Waals surface area contributed by atoms with Gasteiger partial charge in [-0.2, -0.15) is 4.98 Å². The molecule has 1 aromatic rings. The third kappa shape index (κ3) is 5.81. The standard InChI is InChI=1S/C15H26N2O2/c1-10(2)9-11(3)18-13-8-7-12(16)14(17-13)19-15(4,5)6/h7-8,10-11H,9,16H2,1-6H3. The second kappa shape index (κ2) is 6.13. The number of rotatable bonds is 5. The molecule has 1 rings (SSSR count). The molecule has 4 heteroatoms. The molecule has 0 amide bonds. The summed E-state index contributed by atoms with van der Waals surface area (Å²) in [5.41, 5.74) is 6.06. The van der Waals surface area contributed by atoms with Gasteiger partial charge in [0.2, 0.25) is 11.8 Å². The van der Waals surface area contributed by atoms with Gasteiger partial charge in [-0.05, 0) is 46.1 Å². The lowest BCUT2D eigenvalue weighted by molar-refractivity contribution is 0.121. The summed E-state index contributed by atoms with van der Waals surface area (Å²) in [6.45, 7) is 12.3. The number of anilines is 1. The van der Waals surface area contributed by atoms with E-state index in [1.807, 2.05) is 27.7 Å². The van der Waals surface area contributed by atoms with Crippen molar-refractivity contribution in [3.05, 3.63) is 12.1 Å². The minimum Gasteiger partial charge on any atom is -0.475 e. The van der Waals surface area contributed by atoms with Gasteiger partial charge in [-0.15, -0.1) is 0 Å². The van der Waals surface area contributed by atoms with Gasteiger partial charge in [0.05, 0.1) is 11.8 Å². The van der Waals surface area contributed by atoms with Crippen molar-refractivity contribution in [1.82, 2.24) is 4.98 Å². The Morgan fingerprint density at radius 3 is 2.37 bits per heavy atom. The van der Waals surface area contributed by atoms with Gasteiger partial charge in [0.1, 0.15) is 5.60 Å². The SMILES string of the molecule is CC(C)CC(C)Oc1ccc(N)c(OC(C)(C)C)n1. The highest BCUT2D eigenvalue weighted by Gasteiger charge is 2.16. The van der Waals surface area contributed by atoms with Crippen molar-refractivity contribution in [3.63, 3.8) is 0 Å². The van der Waals surface area contributed by atoms with E-state index < -0.39 is 0 Å². The summed E-state index contributed by atoms with van der Waals surface area (Å²) < 4.78 is 11.5. The van der Waals surface area contributed by atoms with Crippen LogP contribution in [0.5, 0.6) is 11.8 Å². The lowest BCUT2D eigenvalue weighted by Crippen LogP contribution is -2.24. The molecule has 1 atom stereocenters. The van der Waals surface area contributed by atoms with Crippen LogP contribution in [0.25, 0.3) is 0 Å². The Morgan fingerprint density at radius 1 is 1.21 bits per heavy atom. The van der Waals surface area contributed by atoms with Crippen molar-refractivity contribution in [2.75, 3.05) is 5.73 Å². The summed E-state index contributed by atoms with van der Waals surface area (Å²) >= 11 is 0. The topological polar surface area (TPSA) is 57.4 Å². The van der Waals surface area contributed by atoms with Crippen molar-refractivity contribution in [2.24, 2.45) is 5.92 Å². The average Bonchev–Trinajstić information content (AvgIpc) is 2.19. The van der Waals surface area contributed by atoms with Crippen molar-refractivity contribution in [1.29, 1.82) is 0 Å². The summed E-state index contributed by atoms with van der Waals surface area (Å²) in [4.78, 5) is 4.34. The predicted molar refractivity (Wildman–Crippen MR) is 78.6 cm³/mol. The maximum Gasteiger partial charge on any atom is 0.241 e. The van der Waals surface area contributed by atoms with Gasteiger partial charge < -0.3 is 15.2 Å². The molecule has 1 heterocycles. The molecule has 0 aliphatic heterocycles. The van der Waals surface area contributed by atoms with E-state index in [0.29, 0.717) is 23.4 Å². The molecule has 1 aromatic heterocycles. The first kappa shape index (κ1) is 15.6. The molecule has 19 heavy (non-hydrogen) atoms. The maximum absolute atomic E-state index is 5.87. The van der Waals surface area contributed by atoms with Gasteiger partial charge in [0.25, 0.3) is 0 Å². The number of hydrogen-bond acceptors (Lipinski definition) is 4. The molecule has 0 bridgehead atoms. The zero-order chi connectivity index (χ0) is 14.6. The molecular formula is C15H26N2O2. The van der Waals surface area contributed by atoms with Crippen molar-refractivity contribution in [2.45, 2.75) is 59.7 Å². The van der Waals surface area contributed by atoms with E-state index in [2.05, 4.69) is 18.8 Å². The van der Waals surface area contributed by atoms with Crippen LogP contribution in [-0.2, 0) is 0 Å². The third-order valence-corrected chi connectivity index (χ3v) is 2.39. The zero-order valence-corrected chi connectivity index (χ0v) is 12.9. The zero-order valence-electron chi connectivity index (χ0n) is 12.9. The van der Waals surface area contributed by atoms with Gasteiger partial charge in [-0.25, -0.2) is 0 Å². The molecule has 0 aromatic carbocycles. The van der Waals surface area contributed by atoms with Gasteiger partial charge in [0, 0.05) is 6.07 Å². The molecule has 108 valence electrons. The number of pyridine rings is 1. The lowest BCUT2D eigenvalue weighted by atomic mass is 10.1. The molecule has 0 saturated carbocycles. The number of hydrogen-bond donors (Lipinski definition) is 1. The minimum absolute atomic E-state index is 0.124. The Balaban J connectivity index is 2.78. The highest BCUT2D eigenvalue weighted by atomic mass is 16.5. The van der Waals surface area contributed by atoms with E-state index in [9.17, 15) is 0 Å². The molecule has 0 spiro atoms. The van der Waals surface area contributed by atoms with Crippen LogP contribution < -0.4 is 15.2 Å². The lowest BCUT2D eigenvalue weighted by Gasteiger charge is -2.22. The Bertz CT molecular complexity index is 411. The summed E-state index contributed by atoms with van der Waals surface area (Å²) in [5, 5.41) is 0. The van der Waals surface area contributed by atoms with Crippen molar-refractivity contribution < 1.29 is 9.47 Å². The Hall–Kier alpha value is -1.45. The van der Waals surface area contributed by atoms with Gasteiger partial charge in [-0.1, -0.05) is 13.8 Å². The van der Waals surface area contributed by atoms with Crippen LogP contribution >= 0.6 is 0 Å². The normalized spacial score (nSPS) is 13.4. The fourth-order valence-electron chi connectivity index (χ4n) is 1.79. The van der Waals surface area contributed by atoms with E-state index in [-0.39, 0.29) is 11.7 Å². The van der Waals surface area contributed by atoms with Crippen LogP contribution in [0.2, 0.25) is 0 Å². The molecule has 0 aliphatic carbocycles. The Morgan fingerprint density at radius 2 is 1.84 bits per heavy atom. The summed E-state index contributed by atoms with van der Waals surface area (Å²) in [6.07, 6.45) is 1.11. The fraction of sp³-hybridized carbons (Fsp3) is 0.667. The highest BCUT2D eigenvalue weighted by Crippen LogP contribution is 2.26. The van der Waals surface area contributed by atoms with Gasteiger partial charge in [-0.3, -0.25) is 0 Å². The predicted octanol–water partition coefficient (Wildman–Crippen LogP) is 3.65. The largest absolute Gasteiger partial charge is 0.475 e. The average molecular weight is 266 g/mol. The monoisotopic (exact) mass is 266 g/mol.